The Balaban J connectivity index is 0.000000157. The van der Waals surface area contributed by atoms with Crippen LogP contribution in [0.1, 0.15) is 68.5 Å². The number of methoxy groups -OCH3 is 2. The lowest BCUT2D eigenvalue weighted by molar-refractivity contribution is -0.115. The van der Waals surface area contributed by atoms with E-state index in [1.165, 1.54) is 0 Å². The van der Waals surface area contributed by atoms with Crippen LogP contribution in [0.15, 0.2) is 72.8 Å². The van der Waals surface area contributed by atoms with E-state index in [4.69, 9.17) is 9.47 Å². The molecule has 45 heavy (non-hydrogen) atoms. The molecule has 0 bridgehead atoms. The fraction of sp³-hybridized carbons (Fsp3) is 0.389. The molecule has 3 heterocycles. The summed E-state index contributed by atoms with van der Waals surface area (Å²) >= 11 is 0. The highest BCUT2D eigenvalue weighted by Crippen LogP contribution is 2.24. The smallest absolute Gasteiger partial charge is 0.254 e. The van der Waals surface area contributed by atoms with E-state index in [9.17, 15) is 19.2 Å². The monoisotopic (exact) mass is 613 g/mol. The number of rotatable bonds is 6. The first-order valence-corrected chi connectivity index (χ1v) is 15.3. The maximum atomic E-state index is 12.4. The van der Waals surface area contributed by atoms with Crippen molar-refractivity contribution in [2.45, 2.75) is 64.4 Å². The molecule has 3 aliphatic heterocycles. The van der Waals surface area contributed by atoms with Gasteiger partial charge in [0.15, 0.2) is 6.29 Å². The molecule has 3 amide bonds. The van der Waals surface area contributed by atoms with Crippen molar-refractivity contribution in [1.82, 2.24) is 15.1 Å². The molecule has 3 aromatic carbocycles. The highest BCUT2D eigenvalue weighted by atomic mass is 16.7. The normalized spacial score (nSPS) is 20.0. The number of nitrogens with zero attached hydrogens (tertiary/aromatic N) is 2. The lowest BCUT2D eigenvalue weighted by atomic mass is 9.94. The van der Waals surface area contributed by atoms with Crippen molar-refractivity contribution in [3.8, 4) is 0 Å². The Kier molecular flexibility index (Phi) is 11.6. The van der Waals surface area contributed by atoms with Gasteiger partial charge in [-0.25, -0.2) is 0 Å². The lowest BCUT2D eigenvalue weighted by Crippen LogP contribution is -2.48. The average molecular weight is 614 g/mol. The van der Waals surface area contributed by atoms with Gasteiger partial charge in [-0.3, -0.25) is 14.4 Å². The van der Waals surface area contributed by atoms with Crippen LogP contribution in [0.5, 0.6) is 0 Å². The highest BCUT2D eigenvalue weighted by molar-refractivity contribution is 5.98. The maximum absolute atomic E-state index is 12.4. The van der Waals surface area contributed by atoms with E-state index >= 15 is 0 Å². The molecule has 0 aromatic heterocycles. The molecule has 0 spiro atoms. The first-order chi connectivity index (χ1) is 21.7. The summed E-state index contributed by atoms with van der Waals surface area (Å²) in [6.07, 6.45) is 3.06. The maximum Gasteiger partial charge on any atom is 0.254 e. The van der Waals surface area contributed by atoms with E-state index in [-0.39, 0.29) is 48.7 Å². The number of carbonyl (C=O) groups is 4. The van der Waals surface area contributed by atoms with Gasteiger partial charge < -0.3 is 29.4 Å². The molecule has 238 valence electrons. The van der Waals surface area contributed by atoms with Crippen LogP contribution in [0.2, 0.25) is 0 Å². The number of carbonyl (C=O) groups excluding carboxylic acids is 4. The topological polar surface area (TPSA) is 105 Å². The molecule has 9 nitrogen and oxygen atoms in total. The minimum Gasteiger partial charge on any atom is -0.354 e. The number of ether oxygens (including phenoxy) is 2. The quantitative estimate of drug-likeness (QED) is 0.328. The fourth-order valence-electron chi connectivity index (χ4n) is 5.99. The first-order valence-electron chi connectivity index (χ1n) is 15.3. The Bertz CT molecular complexity index is 1500. The fourth-order valence-corrected chi connectivity index (χ4v) is 5.99. The van der Waals surface area contributed by atoms with Gasteiger partial charge in [-0.1, -0.05) is 54.6 Å². The summed E-state index contributed by atoms with van der Waals surface area (Å²) in [6.45, 7) is 6.69. The van der Waals surface area contributed by atoms with Crippen molar-refractivity contribution in [1.29, 1.82) is 0 Å². The zero-order chi connectivity index (χ0) is 32.5. The number of fused-ring (bicyclic) bond motifs is 3. The summed E-state index contributed by atoms with van der Waals surface area (Å²) in [5.41, 5.74) is 5.72. The molecule has 0 saturated carbocycles. The molecular weight excluding hydrogens is 570 g/mol. The Morgan fingerprint density at radius 2 is 1.16 bits per heavy atom. The summed E-state index contributed by atoms with van der Waals surface area (Å²) in [5.74, 6) is 0.0873. The van der Waals surface area contributed by atoms with Gasteiger partial charge in [-0.2, -0.15) is 0 Å². The number of amides is 3. The van der Waals surface area contributed by atoms with Crippen molar-refractivity contribution in [2.75, 3.05) is 27.3 Å². The van der Waals surface area contributed by atoms with Crippen LogP contribution < -0.4 is 5.32 Å². The molecule has 3 unspecified atom stereocenters. The predicted octanol–water partition coefficient (Wildman–Crippen LogP) is 4.33. The van der Waals surface area contributed by atoms with Crippen LogP contribution in [-0.2, 0) is 33.5 Å². The van der Waals surface area contributed by atoms with E-state index in [0.29, 0.717) is 6.54 Å². The molecule has 3 aliphatic rings. The SMILES string of the molecule is CC1Cc2ccccc2C(=O)N1.CC1Cc2ccccc2C(=O)N1CC=O.COC(CN1C(=O)c2ccccc2CC1C)OC. The van der Waals surface area contributed by atoms with Gasteiger partial charge in [0.2, 0.25) is 0 Å². The van der Waals surface area contributed by atoms with Crippen LogP contribution in [-0.4, -0.2) is 85.5 Å². The molecule has 9 heteroatoms. The number of benzene rings is 3. The molecule has 0 saturated heterocycles. The van der Waals surface area contributed by atoms with Crippen molar-refractivity contribution in [3.63, 3.8) is 0 Å². The van der Waals surface area contributed by atoms with E-state index in [2.05, 4.69) is 12.2 Å². The van der Waals surface area contributed by atoms with Crippen LogP contribution in [0.3, 0.4) is 0 Å². The third kappa shape index (κ3) is 8.04. The van der Waals surface area contributed by atoms with E-state index < -0.39 is 0 Å². The average Bonchev–Trinajstić information content (AvgIpc) is 3.04. The van der Waals surface area contributed by atoms with E-state index in [0.717, 1.165) is 58.9 Å². The van der Waals surface area contributed by atoms with Crippen LogP contribution in [0, 0.1) is 0 Å². The van der Waals surface area contributed by atoms with Crippen LogP contribution in [0.4, 0.5) is 0 Å². The zero-order valence-electron chi connectivity index (χ0n) is 26.7. The minimum absolute atomic E-state index is 0.0311. The van der Waals surface area contributed by atoms with E-state index in [1.807, 2.05) is 91.5 Å². The van der Waals surface area contributed by atoms with Gasteiger partial charge >= 0.3 is 0 Å². The number of hydrogen-bond acceptors (Lipinski definition) is 6. The molecule has 0 fully saturated rings. The van der Waals surface area contributed by atoms with Crippen LogP contribution in [0.25, 0.3) is 0 Å². The summed E-state index contributed by atoms with van der Waals surface area (Å²) in [7, 11) is 3.17. The number of aldehydes is 1. The highest BCUT2D eigenvalue weighted by Gasteiger charge is 2.31. The molecule has 1 N–H and O–H groups in total. The van der Waals surface area contributed by atoms with E-state index in [1.54, 1.807) is 19.1 Å². The predicted molar refractivity (Wildman–Crippen MR) is 172 cm³/mol. The second-order valence-electron chi connectivity index (χ2n) is 11.6. The van der Waals surface area contributed by atoms with Crippen molar-refractivity contribution < 1.29 is 28.7 Å². The van der Waals surface area contributed by atoms with Gasteiger partial charge in [-0.15, -0.1) is 0 Å². The molecule has 3 aromatic rings. The Morgan fingerprint density at radius 3 is 1.67 bits per heavy atom. The second kappa shape index (κ2) is 15.6. The van der Waals surface area contributed by atoms with Crippen molar-refractivity contribution in [2.24, 2.45) is 0 Å². The molecule has 0 aliphatic carbocycles. The minimum atomic E-state index is -0.373. The standard InChI is InChI=1S/C14H19NO3.C12H13NO2.C10H11NO/c1-10-8-11-6-4-5-7-12(11)14(16)15(10)9-13(17-2)18-3;1-9-8-10-4-2-3-5-11(10)12(15)13(9)6-7-14;1-7-6-8-4-2-3-5-9(8)10(12)11-7/h4-7,10,13H,8-9H2,1-3H3;2-5,7,9H,6,8H2,1H3;2-5,7H,6H2,1H3,(H,11,12). The summed E-state index contributed by atoms with van der Waals surface area (Å²) < 4.78 is 10.3. The molecule has 6 rings (SSSR count). The van der Waals surface area contributed by atoms with Gasteiger partial charge in [0, 0.05) is 49.0 Å². The van der Waals surface area contributed by atoms with Crippen LogP contribution >= 0.6 is 0 Å². The van der Waals surface area contributed by atoms with Gasteiger partial charge in [-0.05, 0) is 74.9 Å². The summed E-state index contributed by atoms with van der Waals surface area (Å²) in [4.78, 5) is 49.7. The molecule has 0 radical (unpaired) electrons. The lowest BCUT2D eigenvalue weighted by Gasteiger charge is -2.36. The Hall–Kier alpha value is -4.34. The zero-order valence-corrected chi connectivity index (χ0v) is 26.7. The third-order valence-corrected chi connectivity index (χ3v) is 8.42. The molecule has 3 atom stereocenters. The summed E-state index contributed by atoms with van der Waals surface area (Å²) in [5, 5.41) is 2.90. The first kappa shape index (κ1) is 33.6. The largest absolute Gasteiger partial charge is 0.354 e. The van der Waals surface area contributed by atoms with Crippen molar-refractivity contribution in [3.05, 3.63) is 106 Å². The molecular formula is C36H43N3O6. The summed E-state index contributed by atoms with van der Waals surface area (Å²) in [6, 6.07) is 23.7. The van der Waals surface area contributed by atoms with Gasteiger partial charge in [0.1, 0.15) is 6.29 Å². The van der Waals surface area contributed by atoms with Gasteiger partial charge in [0.25, 0.3) is 17.7 Å². The third-order valence-electron chi connectivity index (χ3n) is 8.42. The number of nitrogens with one attached hydrogen (secondary N) is 1. The second-order valence-corrected chi connectivity index (χ2v) is 11.6. The van der Waals surface area contributed by atoms with Gasteiger partial charge in [0.05, 0.1) is 13.1 Å². The van der Waals surface area contributed by atoms with Crippen molar-refractivity contribution >= 4 is 24.0 Å². The Labute approximate surface area is 265 Å². The Morgan fingerprint density at radius 1 is 0.711 bits per heavy atom. The number of hydrogen-bond donors (Lipinski definition) is 1.